The molecule has 0 aliphatic carbocycles. The van der Waals surface area contributed by atoms with Crippen molar-refractivity contribution in [1.82, 2.24) is 4.90 Å². The van der Waals surface area contributed by atoms with Gasteiger partial charge in [-0.15, -0.1) is 0 Å². The van der Waals surface area contributed by atoms with E-state index in [1.54, 1.807) is 24.3 Å². The van der Waals surface area contributed by atoms with Crippen LogP contribution in [0.25, 0.3) is 0 Å². The van der Waals surface area contributed by atoms with Gasteiger partial charge in [0.25, 0.3) is 5.91 Å². The molecular formula is C19H21N3O2. The second kappa shape index (κ2) is 7.27. The smallest absolute Gasteiger partial charge is 0.254 e. The number of carbonyl (C=O) groups is 2. The number of rotatable bonds is 4. The largest absolute Gasteiger partial charge is 0.332 e. The molecule has 5 heteroatoms. The number of nitrogens with one attached hydrogen (secondary N) is 1. The Balaban J connectivity index is 1.74. The molecule has 2 amide bonds. The van der Waals surface area contributed by atoms with E-state index in [4.69, 9.17) is 5.73 Å². The highest BCUT2D eigenvalue weighted by Crippen LogP contribution is 2.33. The van der Waals surface area contributed by atoms with Crippen molar-refractivity contribution in [2.75, 3.05) is 18.4 Å². The van der Waals surface area contributed by atoms with Gasteiger partial charge in [0, 0.05) is 17.8 Å². The van der Waals surface area contributed by atoms with Crippen molar-refractivity contribution >= 4 is 17.5 Å². The van der Waals surface area contributed by atoms with E-state index in [1.165, 1.54) is 5.56 Å². The van der Waals surface area contributed by atoms with Crippen LogP contribution in [0.3, 0.4) is 0 Å². The number of hydrogen-bond donors (Lipinski definition) is 2. The van der Waals surface area contributed by atoms with E-state index in [1.807, 2.05) is 23.1 Å². The molecule has 2 aromatic rings. The maximum absolute atomic E-state index is 12.8. The lowest BCUT2D eigenvalue weighted by molar-refractivity contribution is -0.114. The molecule has 1 fully saturated rings. The topological polar surface area (TPSA) is 75.4 Å². The van der Waals surface area contributed by atoms with Crippen molar-refractivity contribution in [2.45, 2.75) is 18.9 Å². The van der Waals surface area contributed by atoms with Crippen LogP contribution in [0.4, 0.5) is 5.69 Å². The van der Waals surface area contributed by atoms with E-state index in [0.29, 0.717) is 11.3 Å². The zero-order valence-electron chi connectivity index (χ0n) is 13.4. The van der Waals surface area contributed by atoms with Gasteiger partial charge in [-0.25, -0.2) is 0 Å². The molecule has 1 heterocycles. The molecular weight excluding hydrogens is 302 g/mol. The molecule has 1 unspecified atom stereocenters. The van der Waals surface area contributed by atoms with Gasteiger partial charge >= 0.3 is 0 Å². The maximum atomic E-state index is 12.8. The van der Waals surface area contributed by atoms with Crippen molar-refractivity contribution in [2.24, 2.45) is 5.73 Å². The highest BCUT2D eigenvalue weighted by molar-refractivity contribution is 5.96. The number of amides is 2. The van der Waals surface area contributed by atoms with Crippen molar-refractivity contribution in [3.8, 4) is 0 Å². The highest BCUT2D eigenvalue weighted by atomic mass is 16.2. The number of carbonyl (C=O) groups excluding carboxylic acids is 2. The Labute approximate surface area is 141 Å². The van der Waals surface area contributed by atoms with Crippen LogP contribution in [0.1, 0.15) is 34.8 Å². The second-order valence-corrected chi connectivity index (χ2v) is 5.90. The average Bonchev–Trinajstić information content (AvgIpc) is 3.12. The fourth-order valence-electron chi connectivity index (χ4n) is 3.11. The van der Waals surface area contributed by atoms with Crippen molar-refractivity contribution < 1.29 is 9.59 Å². The van der Waals surface area contributed by atoms with Gasteiger partial charge in [-0.1, -0.05) is 30.3 Å². The fourth-order valence-corrected chi connectivity index (χ4v) is 3.11. The Morgan fingerprint density at radius 2 is 1.79 bits per heavy atom. The molecule has 0 saturated carbocycles. The molecule has 0 spiro atoms. The van der Waals surface area contributed by atoms with Gasteiger partial charge in [-0.3, -0.25) is 9.59 Å². The molecule has 2 aromatic carbocycles. The van der Waals surface area contributed by atoms with Crippen LogP contribution in [-0.4, -0.2) is 29.8 Å². The van der Waals surface area contributed by atoms with E-state index in [2.05, 4.69) is 17.4 Å². The summed E-state index contributed by atoms with van der Waals surface area (Å²) in [5.41, 5.74) is 7.72. The molecule has 0 bridgehead atoms. The molecule has 1 aliphatic rings. The monoisotopic (exact) mass is 323 g/mol. The number of nitrogens with two attached hydrogens (primary N) is 1. The summed E-state index contributed by atoms with van der Waals surface area (Å²) in [6.07, 6.45) is 2.00. The van der Waals surface area contributed by atoms with Crippen molar-refractivity contribution in [3.05, 3.63) is 65.7 Å². The summed E-state index contributed by atoms with van der Waals surface area (Å²) in [7, 11) is 0. The SMILES string of the molecule is NCC(=O)Nc1ccc(C(=O)N2CCCC2c2ccccc2)cc1. The number of benzene rings is 2. The standard InChI is InChI=1S/C19H21N3O2/c20-13-18(23)21-16-10-8-15(9-11-16)19(24)22-12-4-7-17(22)14-5-2-1-3-6-14/h1-3,5-6,8-11,17H,4,7,12-13,20H2,(H,21,23). The molecule has 1 atom stereocenters. The number of hydrogen-bond acceptors (Lipinski definition) is 3. The Hall–Kier alpha value is -2.66. The summed E-state index contributed by atoms with van der Waals surface area (Å²) in [4.78, 5) is 26.1. The molecule has 5 nitrogen and oxygen atoms in total. The summed E-state index contributed by atoms with van der Waals surface area (Å²) in [6, 6.07) is 17.2. The third-order valence-electron chi connectivity index (χ3n) is 4.30. The molecule has 24 heavy (non-hydrogen) atoms. The first-order valence-corrected chi connectivity index (χ1v) is 8.15. The molecule has 1 aliphatic heterocycles. The molecule has 0 radical (unpaired) electrons. The molecule has 1 saturated heterocycles. The lowest BCUT2D eigenvalue weighted by Gasteiger charge is -2.25. The van der Waals surface area contributed by atoms with Gasteiger partial charge in [0.1, 0.15) is 0 Å². The summed E-state index contributed by atoms with van der Waals surface area (Å²) in [5.74, 6) is -0.226. The summed E-state index contributed by atoms with van der Waals surface area (Å²) >= 11 is 0. The summed E-state index contributed by atoms with van der Waals surface area (Å²) in [6.45, 7) is 0.706. The zero-order valence-corrected chi connectivity index (χ0v) is 13.4. The van der Waals surface area contributed by atoms with Crippen LogP contribution in [0, 0.1) is 0 Å². The second-order valence-electron chi connectivity index (χ2n) is 5.90. The van der Waals surface area contributed by atoms with E-state index in [-0.39, 0.29) is 24.4 Å². The van der Waals surface area contributed by atoms with Crippen LogP contribution in [0.2, 0.25) is 0 Å². The van der Waals surface area contributed by atoms with Crippen molar-refractivity contribution in [3.63, 3.8) is 0 Å². The molecule has 124 valence electrons. The van der Waals surface area contributed by atoms with Gasteiger partial charge in [0.2, 0.25) is 5.91 Å². The molecule has 0 aromatic heterocycles. The first-order chi connectivity index (χ1) is 11.7. The minimum absolute atomic E-state index is 0.0260. The molecule has 3 N–H and O–H groups in total. The quantitative estimate of drug-likeness (QED) is 0.908. The fraction of sp³-hybridized carbons (Fsp3) is 0.263. The summed E-state index contributed by atoms with van der Waals surface area (Å²) in [5, 5.41) is 2.67. The number of anilines is 1. The zero-order chi connectivity index (χ0) is 16.9. The maximum Gasteiger partial charge on any atom is 0.254 e. The van der Waals surface area contributed by atoms with Crippen LogP contribution in [-0.2, 0) is 4.79 Å². The predicted octanol–water partition coefficient (Wildman–Crippen LogP) is 2.56. The predicted molar refractivity (Wildman–Crippen MR) is 93.6 cm³/mol. The summed E-state index contributed by atoms with van der Waals surface area (Å²) < 4.78 is 0. The minimum atomic E-state index is -0.252. The van der Waals surface area contributed by atoms with E-state index < -0.39 is 0 Å². The first kappa shape index (κ1) is 16.2. The van der Waals surface area contributed by atoms with E-state index >= 15 is 0 Å². The van der Waals surface area contributed by atoms with Gasteiger partial charge in [0.05, 0.1) is 12.6 Å². The Kier molecular flexibility index (Phi) is 4.91. The van der Waals surface area contributed by atoms with Crippen LogP contribution >= 0.6 is 0 Å². The first-order valence-electron chi connectivity index (χ1n) is 8.15. The number of nitrogens with zero attached hydrogens (tertiary/aromatic N) is 1. The van der Waals surface area contributed by atoms with E-state index in [9.17, 15) is 9.59 Å². The molecule has 3 rings (SSSR count). The van der Waals surface area contributed by atoms with Crippen LogP contribution in [0.15, 0.2) is 54.6 Å². The average molecular weight is 323 g/mol. The Morgan fingerprint density at radius 1 is 1.08 bits per heavy atom. The van der Waals surface area contributed by atoms with Gasteiger partial charge < -0.3 is 16.0 Å². The van der Waals surface area contributed by atoms with Crippen LogP contribution in [0.5, 0.6) is 0 Å². The van der Waals surface area contributed by atoms with E-state index in [0.717, 1.165) is 19.4 Å². The van der Waals surface area contributed by atoms with Gasteiger partial charge in [-0.2, -0.15) is 0 Å². The lowest BCUT2D eigenvalue weighted by Crippen LogP contribution is -2.30. The highest BCUT2D eigenvalue weighted by Gasteiger charge is 2.30. The van der Waals surface area contributed by atoms with Gasteiger partial charge in [0.15, 0.2) is 0 Å². The Morgan fingerprint density at radius 3 is 2.46 bits per heavy atom. The van der Waals surface area contributed by atoms with Gasteiger partial charge in [-0.05, 0) is 42.7 Å². The third kappa shape index (κ3) is 3.46. The lowest BCUT2D eigenvalue weighted by atomic mass is 10.0. The van der Waals surface area contributed by atoms with Crippen LogP contribution < -0.4 is 11.1 Å². The van der Waals surface area contributed by atoms with Crippen molar-refractivity contribution in [1.29, 1.82) is 0 Å². The normalized spacial score (nSPS) is 16.9. The number of likely N-dealkylation sites (tertiary alicyclic amines) is 1. The minimum Gasteiger partial charge on any atom is -0.332 e. The Bertz CT molecular complexity index is 713. The third-order valence-corrected chi connectivity index (χ3v) is 4.30.